The van der Waals surface area contributed by atoms with E-state index in [0.29, 0.717) is 30.3 Å². The molecule has 5 heteroatoms. The number of halogens is 2. The first-order valence-electron chi connectivity index (χ1n) is 6.51. The molecule has 0 aliphatic carbocycles. The number of hydrogen-bond donors (Lipinski definition) is 0. The minimum Gasteiger partial charge on any atom is -0.486 e. The molecule has 2 aromatic rings. The summed E-state index contributed by atoms with van der Waals surface area (Å²) < 4.78 is 24.7. The zero-order chi connectivity index (χ0) is 14.8. The van der Waals surface area contributed by atoms with E-state index in [4.69, 9.17) is 21.1 Å². The molecule has 0 fully saturated rings. The third-order valence-corrected chi connectivity index (χ3v) is 3.54. The Hall–Kier alpha value is -2.07. The van der Waals surface area contributed by atoms with Crippen LogP contribution in [0, 0.1) is 5.82 Å². The summed E-state index contributed by atoms with van der Waals surface area (Å²) >= 11 is 5.72. The van der Waals surface area contributed by atoms with E-state index < -0.39 is 5.82 Å². The lowest BCUT2D eigenvalue weighted by molar-refractivity contribution is 0.0990. The molecule has 3 rings (SSSR count). The van der Waals surface area contributed by atoms with Gasteiger partial charge in [-0.05, 0) is 29.8 Å². The van der Waals surface area contributed by atoms with Gasteiger partial charge in [0.15, 0.2) is 17.3 Å². The van der Waals surface area contributed by atoms with Crippen LogP contribution in [0.1, 0.15) is 15.9 Å². The quantitative estimate of drug-likeness (QED) is 0.812. The standard InChI is InChI=1S/C16H12ClFO3/c17-12-3-1-2-11(16(12)18)8-13(19)10-4-5-14-15(9-10)21-7-6-20-14/h1-5,9H,6-8H2. The lowest BCUT2D eigenvalue weighted by Gasteiger charge is -2.18. The van der Waals surface area contributed by atoms with Crippen molar-refractivity contribution in [3.8, 4) is 11.5 Å². The number of benzene rings is 2. The molecule has 0 radical (unpaired) electrons. The molecule has 3 nitrogen and oxygen atoms in total. The molecule has 108 valence electrons. The van der Waals surface area contributed by atoms with Crippen LogP contribution in [0.2, 0.25) is 5.02 Å². The fraction of sp³-hybridized carbons (Fsp3) is 0.188. The van der Waals surface area contributed by atoms with Crippen molar-refractivity contribution in [1.82, 2.24) is 0 Å². The second-order valence-corrected chi connectivity index (χ2v) is 5.08. The molecule has 0 N–H and O–H groups in total. The van der Waals surface area contributed by atoms with Crippen molar-refractivity contribution in [2.75, 3.05) is 13.2 Å². The molecular formula is C16H12ClFO3. The lowest BCUT2D eigenvalue weighted by atomic mass is 10.0. The fourth-order valence-corrected chi connectivity index (χ4v) is 2.37. The Bertz CT molecular complexity index is 700. The van der Waals surface area contributed by atoms with Gasteiger partial charge in [0.2, 0.25) is 0 Å². The number of ether oxygens (including phenoxy) is 2. The highest BCUT2D eigenvalue weighted by Crippen LogP contribution is 2.31. The van der Waals surface area contributed by atoms with Gasteiger partial charge in [0, 0.05) is 12.0 Å². The summed E-state index contributed by atoms with van der Waals surface area (Å²) in [4.78, 5) is 12.3. The van der Waals surface area contributed by atoms with Crippen LogP contribution in [0.4, 0.5) is 4.39 Å². The number of ketones is 1. The van der Waals surface area contributed by atoms with Crippen LogP contribution in [0.5, 0.6) is 11.5 Å². The molecule has 0 saturated heterocycles. The summed E-state index contributed by atoms with van der Waals surface area (Å²) in [6.45, 7) is 0.946. The van der Waals surface area contributed by atoms with E-state index >= 15 is 0 Å². The monoisotopic (exact) mass is 306 g/mol. The van der Waals surface area contributed by atoms with Crippen molar-refractivity contribution in [2.24, 2.45) is 0 Å². The summed E-state index contributed by atoms with van der Waals surface area (Å²) in [5, 5.41) is 0.0162. The van der Waals surface area contributed by atoms with Crippen LogP contribution in [0.25, 0.3) is 0 Å². The molecule has 1 aliphatic heterocycles. The van der Waals surface area contributed by atoms with E-state index in [1.165, 1.54) is 6.07 Å². The van der Waals surface area contributed by atoms with Gasteiger partial charge in [0.1, 0.15) is 19.0 Å². The molecular weight excluding hydrogens is 295 g/mol. The van der Waals surface area contributed by atoms with Crippen LogP contribution in [-0.4, -0.2) is 19.0 Å². The van der Waals surface area contributed by atoms with Gasteiger partial charge in [0.05, 0.1) is 5.02 Å². The van der Waals surface area contributed by atoms with Crippen molar-refractivity contribution in [3.63, 3.8) is 0 Å². The Morgan fingerprint density at radius 2 is 1.90 bits per heavy atom. The lowest BCUT2D eigenvalue weighted by Crippen LogP contribution is -2.16. The Morgan fingerprint density at radius 3 is 2.71 bits per heavy atom. The Morgan fingerprint density at radius 1 is 1.14 bits per heavy atom. The summed E-state index contributed by atoms with van der Waals surface area (Å²) in [6.07, 6.45) is -0.0496. The first-order chi connectivity index (χ1) is 10.1. The van der Waals surface area contributed by atoms with Gasteiger partial charge in [-0.25, -0.2) is 4.39 Å². The maximum absolute atomic E-state index is 13.8. The van der Waals surface area contributed by atoms with Crippen molar-refractivity contribution in [2.45, 2.75) is 6.42 Å². The molecule has 0 bridgehead atoms. The number of carbonyl (C=O) groups excluding carboxylic acids is 1. The Labute approximate surface area is 126 Å². The van der Waals surface area contributed by atoms with Gasteiger partial charge in [-0.3, -0.25) is 4.79 Å². The van der Waals surface area contributed by atoms with Gasteiger partial charge in [0.25, 0.3) is 0 Å². The number of rotatable bonds is 3. The largest absolute Gasteiger partial charge is 0.486 e. The maximum atomic E-state index is 13.8. The predicted octanol–water partition coefficient (Wildman–Crippen LogP) is 3.68. The van der Waals surface area contributed by atoms with Gasteiger partial charge < -0.3 is 9.47 Å². The SMILES string of the molecule is O=C(Cc1cccc(Cl)c1F)c1ccc2c(c1)OCCO2. The number of carbonyl (C=O) groups is 1. The van der Waals surface area contributed by atoms with Crippen LogP contribution in [0.3, 0.4) is 0 Å². The molecule has 1 heterocycles. The molecule has 0 atom stereocenters. The van der Waals surface area contributed by atoms with Gasteiger partial charge in [-0.1, -0.05) is 23.7 Å². The molecule has 0 saturated carbocycles. The molecule has 0 spiro atoms. The fourth-order valence-electron chi connectivity index (χ4n) is 2.18. The van der Waals surface area contributed by atoms with Crippen LogP contribution in [-0.2, 0) is 6.42 Å². The van der Waals surface area contributed by atoms with E-state index in [-0.39, 0.29) is 22.8 Å². The molecule has 0 aromatic heterocycles. The number of hydrogen-bond acceptors (Lipinski definition) is 3. The smallest absolute Gasteiger partial charge is 0.167 e. The Kier molecular flexibility index (Phi) is 3.80. The van der Waals surface area contributed by atoms with Crippen LogP contribution >= 0.6 is 11.6 Å². The highest BCUT2D eigenvalue weighted by molar-refractivity contribution is 6.30. The van der Waals surface area contributed by atoms with Crippen molar-refractivity contribution in [3.05, 3.63) is 58.4 Å². The molecule has 2 aromatic carbocycles. The minimum atomic E-state index is -0.551. The normalized spacial score (nSPS) is 13.0. The molecule has 0 amide bonds. The Balaban J connectivity index is 1.84. The second-order valence-electron chi connectivity index (χ2n) is 4.67. The highest BCUT2D eigenvalue weighted by atomic mass is 35.5. The molecule has 21 heavy (non-hydrogen) atoms. The van der Waals surface area contributed by atoms with Crippen molar-refractivity contribution >= 4 is 17.4 Å². The van der Waals surface area contributed by atoms with Crippen molar-refractivity contribution in [1.29, 1.82) is 0 Å². The minimum absolute atomic E-state index is 0.0162. The number of fused-ring (bicyclic) bond motifs is 1. The summed E-state index contributed by atoms with van der Waals surface area (Å²) in [6, 6.07) is 9.59. The van der Waals surface area contributed by atoms with Crippen LogP contribution < -0.4 is 9.47 Å². The van der Waals surface area contributed by atoms with E-state index in [9.17, 15) is 9.18 Å². The zero-order valence-corrected chi connectivity index (χ0v) is 11.8. The van der Waals surface area contributed by atoms with Crippen LogP contribution in [0.15, 0.2) is 36.4 Å². The van der Waals surface area contributed by atoms with E-state index in [1.54, 1.807) is 30.3 Å². The predicted molar refractivity (Wildman–Crippen MR) is 76.9 cm³/mol. The molecule has 1 aliphatic rings. The summed E-state index contributed by atoms with van der Waals surface area (Å²) in [5.74, 6) is 0.406. The van der Waals surface area contributed by atoms with Gasteiger partial charge in [-0.15, -0.1) is 0 Å². The van der Waals surface area contributed by atoms with Gasteiger partial charge >= 0.3 is 0 Å². The van der Waals surface area contributed by atoms with Crippen molar-refractivity contribution < 1.29 is 18.7 Å². The van der Waals surface area contributed by atoms with E-state index in [1.807, 2.05) is 0 Å². The average molecular weight is 307 g/mol. The maximum Gasteiger partial charge on any atom is 0.167 e. The summed E-state index contributed by atoms with van der Waals surface area (Å²) in [5.41, 5.74) is 0.737. The first kappa shape index (κ1) is 13.9. The zero-order valence-electron chi connectivity index (χ0n) is 11.1. The third kappa shape index (κ3) is 2.85. The first-order valence-corrected chi connectivity index (χ1v) is 6.88. The third-order valence-electron chi connectivity index (χ3n) is 3.25. The summed E-state index contributed by atoms with van der Waals surface area (Å²) in [7, 11) is 0. The van der Waals surface area contributed by atoms with E-state index in [0.717, 1.165) is 0 Å². The van der Waals surface area contributed by atoms with E-state index in [2.05, 4.69) is 0 Å². The highest BCUT2D eigenvalue weighted by Gasteiger charge is 2.17. The van der Waals surface area contributed by atoms with Gasteiger partial charge in [-0.2, -0.15) is 0 Å². The second kappa shape index (κ2) is 5.74. The molecule has 0 unspecified atom stereocenters. The number of Topliss-reactive ketones (excluding diaryl/α,β-unsaturated/α-hetero) is 1. The average Bonchev–Trinajstić information content (AvgIpc) is 2.51. The topological polar surface area (TPSA) is 35.5 Å².